The van der Waals surface area contributed by atoms with E-state index in [1.165, 1.54) is 0 Å². The fraction of sp³-hybridized carbons (Fsp3) is 0.200. The van der Waals surface area contributed by atoms with Gasteiger partial charge in [-0.25, -0.2) is 4.79 Å². The van der Waals surface area contributed by atoms with Crippen LogP contribution in [0.3, 0.4) is 0 Å². The van der Waals surface area contributed by atoms with Gasteiger partial charge in [0.1, 0.15) is 6.04 Å². The maximum atomic E-state index is 12.5. The Bertz CT molecular complexity index is 871. The lowest BCUT2D eigenvalue weighted by atomic mass is 9.99. The lowest BCUT2D eigenvalue weighted by Crippen LogP contribution is -2.50. The lowest BCUT2D eigenvalue weighted by molar-refractivity contribution is -0.148. The fourth-order valence-electron chi connectivity index (χ4n) is 2.60. The lowest BCUT2D eigenvalue weighted by Gasteiger charge is -2.25. The first kappa shape index (κ1) is 21.6. The Hall–Kier alpha value is -3.72. The number of carboxylic acids is 2. The molecule has 0 fully saturated rings. The van der Waals surface area contributed by atoms with Crippen molar-refractivity contribution in [1.29, 1.82) is 0 Å². The summed E-state index contributed by atoms with van der Waals surface area (Å²) < 4.78 is 0. The Labute approximate surface area is 166 Å². The Morgan fingerprint density at radius 3 is 1.90 bits per heavy atom. The van der Waals surface area contributed by atoms with Gasteiger partial charge in [0.25, 0.3) is 11.8 Å². The minimum Gasteiger partial charge on any atom is -0.481 e. The second-order valence-corrected chi connectivity index (χ2v) is 6.17. The van der Waals surface area contributed by atoms with Crippen molar-refractivity contribution < 1.29 is 34.5 Å². The van der Waals surface area contributed by atoms with Crippen LogP contribution in [-0.2, 0) is 14.4 Å². The molecule has 0 heterocycles. The van der Waals surface area contributed by atoms with E-state index in [2.05, 4.69) is 5.32 Å². The van der Waals surface area contributed by atoms with Crippen molar-refractivity contribution in [2.75, 3.05) is 0 Å². The van der Waals surface area contributed by atoms with Crippen LogP contribution < -0.4 is 10.6 Å². The number of aliphatic carboxylic acids is 2. The van der Waals surface area contributed by atoms with Gasteiger partial charge in [-0.1, -0.05) is 48.5 Å². The molecule has 2 aromatic rings. The first-order valence-corrected chi connectivity index (χ1v) is 8.63. The number of carbonyl (C=O) groups excluding carboxylic acids is 2. The number of rotatable bonds is 9. The van der Waals surface area contributed by atoms with Crippen LogP contribution in [0.4, 0.5) is 0 Å². The molecule has 9 heteroatoms. The number of carbonyl (C=O) groups is 4. The standard InChI is InChI=1S/C20H20N2O7/c23-15(24)11-14(20(28)29)21-19(27)17(25)16(12-7-3-1-4-8-12)22-18(26)13-9-5-2-6-10-13/h1-10,14,16-17,25H,11H2,(H,21,27)(H,22,26)(H,23,24)(H,28,29)/t14-,16-,17+/m0/s1. The molecule has 0 radical (unpaired) electrons. The normalized spacial score (nSPS) is 13.6. The number of aliphatic hydroxyl groups is 1. The fourth-order valence-corrected chi connectivity index (χ4v) is 2.60. The largest absolute Gasteiger partial charge is 0.481 e. The molecular formula is C20H20N2O7. The van der Waals surface area contributed by atoms with E-state index in [-0.39, 0.29) is 0 Å². The Kier molecular flexibility index (Phi) is 7.44. The van der Waals surface area contributed by atoms with Gasteiger partial charge in [0.2, 0.25) is 0 Å². The van der Waals surface area contributed by atoms with Crippen molar-refractivity contribution in [3.63, 3.8) is 0 Å². The zero-order chi connectivity index (χ0) is 21.4. The molecule has 0 aliphatic carbocycles. The third-order valence-corrected chi connectivity index (χ3v) is 4.06. The maximum absolute atomic E-state index is 12.5. The number of carboxylic acid groups (broad SMARTS) is 2. The molecule has 0 saturated heterocycles. The van der Waals surface area contributed by atoms with E-state index < -0.39 is 48.4 Å². The molecule has 2 amide bonds. The second-order valence-electron chi connectivity index (χ2n) is 6.17. The van der Waals surface area contributed by atoms with Gasteiger partial charge in [0.15, 0.2) is 6.10 Å². The van der Waals surface area contributed by atoms with Crippen molar-refractivity contribution >= 4 is 23.8 Å². The molecule has 0 unspecified atom stereocenters. The molecule has 3 atom stereocenters. The molecule has 2 rings (SSSR count). The summed E-state index contributed by atoms with van der Waals surface area (Å²) in [5.41, 5.74) is 0.708. The number of hydrogen-bond donors (Lipinski definition) is 5. The third-order valence-electron chi connectivity index (χ3n) is 4.06. The highest BCUT2D eigenvalue weighted by molar-refractivity contribution is 5.95. The van der Waals surface area contributed by atoms with Gasteiger partial charge in [-0.3, -0.25) is 14.4 Å². The summed E-state index contributed by atoms with van der Waals surface area (Å²) >= 11 is 0. The van der Waals surface area contributed by atoms with E-state index in [1.807, 2.05) is 5.32 Å². The zero-order valence-electron chi connectivity index (χ0n) is 15.2. The van der Waals surface area contributed by atoms with Crippen molar-refractivity contribution in [2.45, 2.75) is 24.6 Å². The van der Waals surface area contributed by atoms with Crippen molar-refractivity contribution in [2.24, 2.45) is 0 Å². The smallest absolute Gasteiger partial charge is 0.326 e. The quantitative estimate of drug-likeness (QED) is 0.412. The molecule has 5 N–H and O–H groups in total. The highest BCUT2D eigenvalue weighted by atomic mass is 16.4. The maximum Gasteiger partial charge on any atom is 0.326 e. The average molecular weight is 400 g/mol. The number of aliphatic hydroxyl groups excluding tert-OH is 1. The summed E-state index contributed by atoms with van der Waals surface area (Å²) in [6, 6.07) is 13.4. The van der Waals surface area contributed by atoms with Crippen molar-refractivity contribution in [3.05, 3.63) is 71.8 Å². The highest BCUT2D eigenvalue weighted by Gasteiger charge is 2.32. The van der Waals surface area contributed by atoms with E-state index >= 15 is 0 Å². The summed E-state index contributed by atoms with van der Waals surface area (Å²) in [7, 11) is 0. The molecule has 0 bridgehead atoms. The minimum absolute atomic E-state index is 0.301. The van der Waals surface area contributed by atoms with E-state index in [9.17, 15) is 24.3 Å². The topological polar surface area (TPSA) is 153 Å². The number of amides is 2. The molecule has 2 aromatic carbocycles. The minimum atomic E-state index is -1.86. The number of benzene rings is 2. The SMILES string of the molecule is O=C(O)C[C@H](NC(=O)[C@H](O)[C@@H](NC(=O)c1ccccc1)c1ccccc1)C(=O)O. The van der Waals surface area contributed by atoms with Gasteiger partial charge < -0.3 is 26.0 Å². The highest BCUT2D eigenvalue weighted by Crippen LogP contribution is 2.18. The monoisotopic (exact) mass is 400 g/mol. The van der Waals surface area contributed by atoms with Crippen molar-refractivity contribution in [3.8, 4) is 0 Å². The Morgan fingerprint density at radius 1 is 0.828 bits per heavy atom. The first-order valence-electron chi connectivity index (χ1n) is 8.63. The van der Waals surface area contributed by atoms with Crippen LogP contribution in [-0.4, -0.2) is 51.2 Å². The molecular weight excluding hydrogens is 380 g/mol. The molecule has 0 spiro atoms. The van der Waals surface area contributed by atoms with E-state index in [4.69, 9.17) is 10.2 Å². The van der Waals surface area contributed by atoms with E-state index in [1.54, 1.807) is 60.7 Å². The Morgan fingerprint density at radius 2 is 1.38 bits per heavy atom. The van der Waals surface area contributed by atoms with Crippen LogP contribution in [0.5, 0.6) is 0 Å². The molecule has 9 nitrogen and oxygen atoms in total. The van der Waals surface area contributed by atoms with Crippen LogP contribution in [0, 0.1) is 0 Å². The molecule has 0 saturated carbocycles. The first-order chi connectivity index (χ1) is 13.8. The molecule has 152 valence electrons. The van der Waals surface area contributed by atoms with Gasteiger partial charge in [-0.15, -0.1) is 0 Å². The summed E-state index contributed by atoms with van der Waals surface area (Å²) in [5.74, 6) is -4.66. The predicted octanol–water partition coefficient (Wildman–Crippen LogP) is 0.563. The number of nitrogens with one attached hydrogen (secondary N) is 2. The van der Waals surface area contributed by atoms with Crippen LogP contribution in [0.2, 0.25) is 0 Å². The molecule has 0 aromatic heterocycles. The average Bonchev–Trinajstić information content (AvgIpc) is 2.71. The summed E-state index contributed by atoms with van der Waals surface area (Å²) in [5, 5.41) is 32.9. The van der Waals surface area contributed by atoms with Crippen LogP contribution >= 0.6 is 0 Å². The summed E-state index contributed by atoms with van der Waals surface area (Å²) in [4.78, 5) is 46.9. The predicted molar refractivity (Wildman–Crippen MR) is 101 cm³/mol. The summed E-state index contributed by atoms with van der Waals surface area (Å²) in [6.07, 6.45) is -2.72. The van der Waals surface area contributed by atoms with Crippen molar-refractivity contribution in [1.82, 2.24) is 10.6 Å². The van der Waals surface area contributed by atoms with Crippen LogP contribution in [0.1, 0.15) is 28.4 Å². The van der Waals surface area contributed by atoms with E-state index in [0.717, 1.165) is 0 Å². The zero-order valence-corrected chi connectivity index (χ0v) is 15.2. The van der Waals surface area contributed by atoms with Gasteiger partial charge in [0, 0.05) is 5.56 Å². The van der Waals surface area contributed by atoms with Gasteiger partial charge >= 0.3 is 11.9 Å². The van der Waals surface area contributed by atoms with Crippen LogP contribution in [0.25, 0.3) is 0 Å². The van der Waals surface area contributed by atoms with Gasteiger partial charge in [0.05, 0.1) is 12.5 Å². The summed E-state index contributed by atoms with van der Waals surface area (Å²) in [6.45, 7) is 0. The molecule has 0 aliphatic heterocycles. The molecule has 29 heavy (non-hydrogen) atoms. The van der Waals surface area contributed by atoms with Crippen LogP contribution in [0.15, 0.2) is 60.7 Å². The van der Waals surface area contributed by atoms with Gasteiger partial charge in [-0.05, 0) is 17.7 Å². The van der Waals surface area contributed by atoms with E-state index in [0.29, 0.717) is 11.1 Å². The third kappa shape index (κ3) is 6.15. The molecule has 0 aliphatic rings. The number of hydrogen-bond acceptors (Lipinski definition) is 5. The Balaban J connectivity index is 2.23. The van der Waals surface area contributed by atoms with Gasteiger partial charge in [-0.2, -0.15) is 0 Å². The second kappa shape index (κ2) is 10.00.